The van der Waals surface area contributed by atoms with Crippen molar-refractivity contribution in [2.75, 3.05) is 13.1 Å². The van der Waals surface area contributed by atoms with E-state index in [-0.39, 0.29) is 17.2 Å². The molecular formula is C17H20ClNO3. The van der Waals surface area contributed by atoms with Crippen molar-refractivity contribution in [2.45, 2.75) is 32.1 Å². The molecule has 1 aliphatic heterocycles. The molecule has 0 unspecified atom stereocenters. The summed E-state index contributed by atoms with van der Waals surface area (Å²) in [6.45, 7) is 2.77. The van der Waals surface area contributed by atoms with Crippen molar-refractivity contribution in [2.24, 2.45) is 11.3 Å². The van der Waals surface area contributed by atoms with Crippen LogP contribution in [0.1, 0.15) is 37.7 Å². The molecule has 2 aliphatic rings. The molecule has 2 fully saturated rings. The Kier molecular flexibility index (Phi) is 3.89. The lowest BCUT2D eigenvalue weighted by Gasteiger charge is -2.39. The summed E-state index contributed by atoms with van der Waals surface area (Å²) in [5, 5.41) is 10.1. The highest BCUT2D eigenvalue weighted by molar-refractivity contribution is 6.30. The highest BCUT2D eigenvalue weighted by Crippen LogP contribution is 2.44. The quantitative estimate of drug-likeness (QED) is 0.930. The third-order valence-corrected chi connectivity index (χ3v) is 5.45. The minimum absolute atomic E-state index is 0.112. The smallest absolute Gasteiger partial charge is 0.308 e. The Morgan fingerprint density at radius 1 is 1.23 bits per heavy atom. The fourth-order valence-corrected chi connectivity index (χ4v) is 3.70. The highest BCUT2D eigenvalue weighted by atomic mass is 35.5. The number of carboxylic acid groups (broad SMARTS) is 1. The third-order valence-electron chi connectivity index (χ3n) is 5.20. The summed E-state index contributed by atoms with van der Waals surface area (Å²) in [6.07, 6.45) is 2.90. The van der Waals surface area contributed by atoms with Crippen molar-refractivity contribution in [3.05, 3.63) is 34.9 Å². The first-order valence-corrected chi connectivity index (χ1v) is 8.06. The van der Waals surface area contributed by atoms with Crippen LogP contribution in [0.4, 0.5) is 0 Å². The van der Waals surface area contributed by atoms with E-state index in [1.54, 1.807) is 17.0 Å². The van der Waals surface area contributed by atoms with Crippen LogP contribution in [0, 0.1) is 11.3 Å². The molecule has 22 heavy (non-hydrogen) atoms. The van der Waals surface area contributed by atoms with Gasteiger partial charge in [-0.2, -0.15) is 0 Å². The molecule has 118 valence electrons. The van der Waals surface area contributed by atoms with Gasteiger partial charge in [0.25, 0.3) is 0 Å². The molecule has 1 aliphatic carbocycles. The summed E-state index contributed by atoms with van der Waals surface area (Å²) < 4.78 is 0. The second-order valence-corrected chi connectivity index (χ2v) is 7.16. The van der Waals surface area contributed by atoms with Crippen molar-refractivity contribution in [1.29, 1.82) is 0 Å². The number of hydrogen-bond acceptors (Lipinski definition) is 2. The normalized spacial score (nSPS) is 26.5. The van der Waals surface area contributed by atoms with Gasteiger partial charge in [-0.15, -0.1) is 0 Å². The Hall–Kier alpha value is -1.55. The number of carbonyl (C=O) groups is 2. The number of likely N-dealkylation sites (tertiary alicyclic amines) is 1. The second-order valence-electron chi connectivity index (χ2n) is 6.73. The van der Waals surface area contributed by atoms with Crippen LogP contribution in [0.5, 0.6) is 0 Å². The number of halogens is 1. The van der Waals surface area contributed by atoms with E-state index in [2.05, 4.69) is 0 Å². The Morgan fingerprint density at radius 3 is 2.36 bits per heavy atom. The molecule has 0 aromatic heterocycles. The molecule has 5 heteroatoms. The molecule has 0 radical (unpaired) electrons. The SMILES string of the molecule is CC1(C(=O)N2C[C@@H](C(=O)O)[C@H](c3ccc(Cl)cc3)C2)CCC1. The van der Waals surface area contributed by atoms with Crippen molar-refractivity contribution < 1.29 is 14.7 Å². The molecule has 1 aromatic rings. The predicted octanol–water partition coefficient (Wildman–Crippen LogP) is 3.16. The van der Waals surface area contributed by atoms with Gasteiger partial charge in [0.2, 0.25) is 5.91 Å². The zero-order valence-electron chi connectivity index (χ0n) is 12.6. The van der Waals surface area contributed by atoms with Gasteiger partial charge in [-0.05, 0) is 30.5 Å². The molecule has 1 aromatic carbocycles. The summed E-state index contributed by atoms with van der Waals surface area (Å²) in [5.41, 5.74) is 0.656. The molecule has 0 spiro atoms. The first kappa shape index (κ1) is 15.3. The average Bonchev–Trinajstić information content (AvgIpc) is 2.90. The Morgan fingerprint density at radius 2 is 1.86 bits per heavy atom. The molecule has 1 amide bonds. The van der Waals surface area contributed by atoms with E-state index in [0.29, 0.717) is 18.1 Å². The molecule has 1 saturated carbocycles. The van der Waals surface area contributed by atoms with Crippen molar-refractivity contribution >= 4 is 23.5 Å². The van der Waals surface area contributed by atoms with Gasteiger partial charge in [0.15, 0.2) is 0 Å². The van der Waals surface area contributed by atoms with Gasteiger partial charge in [-0.1, -0.05) is 37.1 Å². The number of benzene rings is 1. The summed E-state index contributed by atoms with van der Waals surface area (Å²) in [5.74, 6) is -1.44. The standard InChI is InChI=1S/C17H20ClNO3/c1-17(7-2-8-17)16(22)19-9-13(14(10-19)15(20)21)11-3-5-12(18)6-4-11/h3-6,13-14H,2,7-10H2,1H3,(H,20,21)/t13-,14+/m0/s1. The Bertz CT molecular complexity index is 594. The lowest BCUT2D eigenvalue weighted by Crippen LogP contribution is -2.45. The summed E-state index contributed by atoms with van der Waals surface area (Å²) in [6, 6.07) is 7.27. The van der Waals surface area contributed by atoms with Gasteiger partial charge in [0.1, 0.15) is 0 Å². The molecule has 1 saturated heterocycles. The molecule has 0 bridgehead atoms. The maximum Gasteiger partial charge on any atom is 0.308 e. The van der Waals surface area contributed by atoms with Gasteiger partial charge in [0, 0.05) is 29.4 Å². The minimum atomic E-state index is -0.839. The number of carbonyl (C=O) groups excluding carboxylic acids is 1. The van der Waals surface area contributed by atoms with E-state index in [9.17, 15) is 14.7 Å². The number of nitrogens with zero attached hydrogens (tertiary/aromatic N) is 1. The average molecular weight is 322 g/mol. The minimum Gasteiger partial charge on any atom is -0.481 e. The first-order chi connectivity index (χ1) is 10.4. The van der Waals surface area contributed by atoms with E-state index in [4.69, 9.17) is 11.6 Å². The third kappa shape index (κ3) is 2.60. The maximum absolute atomic E-state index is 12.7. The number of aliphatic carboxylic acids is 1. The fraction of sp³-hybridized carbons (Fsp3) is 0.529. The Labute approximate surface area is 135 Å². The van der Waals surface area contributed by atoms with Crippen molar-refractivity contribution in [1.82, 2.24) is 4.90 Å². The number of rotatable bonds is 3. The summed E-state index contributed by atoms with van der Waals surface area (Å²) in [7, 11) is 0. The van der Waals surface area contributed by atoms with Gasteiger partial charge < -0.3 is 10.0 Å². The van der Waals surface area contributed by atoms with Crippen LogP contribution in [0.3, 0.4) is 0 Å². The van der Waals surface area contributed by atoms with E-state index in [1.807, 2.05) is 19.1 Å². The van der Waals surface area contributed by atoms with Crippen LogP contribution >= 0.6 is 11.6 Å². The van der Waals surface area contributed by atoms with Gasteiger partial charge in [-0.25, -0.2) is 0 Å². The van der Waals surface area contributed by atoms with Crippen LogP contribution in [0.2, 0.25) is 5.02 Å². The van der Waals surface area contributed by atoms with Gasteiger partial charge in [0.05, 0.1) is 5.92 Å². The number of hydrogen-bond donors (Lipinski definition) is 1. The van der Waals surface area contributed by atoms with Crippen molar-refractivity contribution in [3.63, 3.8) is 0 Å². The van der Waals surface area contributed by atoms with E-state index in [0.717, 1.165) is 24.8 Å². The van der Waals surface area contributed by atoms with E-state index >= 15 is 0 Å². The van der Waals surface area contributed by atoms with E-state index < -0.39 is 11.9 Å². The predicted molar refractivity (Wildman–Crippen MR) is 83.9 cm³/mol. The van der Waals surface area contributed by atoms with Crippen LogP contribution in [0.25, 0.3) is 0 Å². The zero-order valence-corrected chi connectivity index (χ0v) is 13.3. The van der Waals surface area contributed by atoms with Crippen LogP contribution in [0.15, 0.2) is 24.3 Å². The molecule has 3 rings (SSSR count). The van der Waals surface area contributed by atoms with Crippen LogP contribution in [-0.2, 0) is 9.59 Å². The monoisotopic (exact) mass is 321 g/mol. The first-order valence-electron chi connectivity index (χ1n) is 7.68. The summed E-state index contributed by atoms with van der Waals surface area (Å²) >= 11 is 5.90. The molecular weight excluding hydrogens is 302 g/mol. The largest absolute Gasteiger partial charge is 0.481 e. The van der Waals surface area contributed by atoms with Crippen molar-refractivity contribution in [3.8, 4) is 0 Å². The maximum atomic E-state index is 12.7. The zero-order chi connectivity index (χ0) is 15.9. The van der Waals surface area contributed by atoms with Gasteiger partial charge >= 0.3 is 5.97 Å². The number of amides is 1. The lowest BCUT2D eigenvalue weighted by molar-refractivity contribution is -0.146. The lowest BCUT2D eigenvalue weighted by atomic mass is 9.69. The topological polar surface area (TPSA) is 57.6 Å². The van der Waals surface area contributed by atoms with Crippen LogP contribution in [-0.4, -0.2) is 35.0 Å². The molecule has 1 heterocycles. The second kappa shape index (κ2) is 5.58. The van der Waals surface area contributed by atoms with Gasteiger partial charge in [-0.3, -0.25) is 9.59 Å². The number of carboxylic acids is 1. The van der Waals surface area contributed by atoms with Crippen LogP contribution < -0.4 is 0 Å². The molecule has 4 nitrogen and oxygen atoms in total. The molecule has 2 atom stereocenters. The highest BCUT2D eigenvalue weighted by Gasteiger charge is 2.47. The Balaban J connectivity index is 1.82. The fourth-order valence-electron chi connectivity index (χ4n) is 3.57. The summed E-state index contributed by atoms with van der Waals surface area (Å²) in [4.78, 5) is 26.0. The van der Waals surface area contributed by atoms with E-state index in [1.165, 1.54) is 0 Å². The molecule has 1 N–H and O–H groups in total.